The van der Waals surface area contributed by atoms with Gasteiger partial charge in [-0.1, -0.05) is 47.5 Å². The maximum Gasteiger partial charge on any atom is 0.308 e. The summed E-state index contributed by atoms with van der Waals surface area (Å²) in [5, 5.41) is 15.3. The van der Waals surface area contributed by atoms with E-state index >= 15 is 0 Å². The summed E-state index contributed by atoms with van der Waals surface area (Å²) < 4.78 is 11.4. The highest BCUT2D eigenvalue weighted by atomic mass is 16.7. The first-order chi connectivity index (χ1) is 14.8. The molecule has 0 bridgehead atoms. The van der Waals surface area contributed by atoms with Crippen molar-refractivity contribution in [2.75, 3.05) is 19.7 Å². The molecule has 0 spiro atoms. The van der Waals surface area contributed by atoms with Gasteiger partial charge in [-0.25, -0.2) is 0 Å². The van der Waals surface area contributed by atoms with Crippen molar-refractivity contribution in [1.29, 1.82) is 0 Å². The quantitative estimate of drug-likeness (QED) is 0.366. The van der Waals surface area contributed by atoms with Gasteiger partial charge in [0.1, 0.15) is 6.10 Å². The van der Waals surface area contributed by atoms with Crippen molar-refractivity contribution in [3.05, 3.63) is 0 Å². The summed E-state index contributed by atoms with van der Waals surface area (Å²) in [6, 6.07) is 0. The van der Waals surface area contributed by atoms with Crippen LogP contribution in [0, 0.1) is 23.2 Å². The highest BCUT2D eigenvalue weighted by Crippen LogP contribution is 2.34. The summed E-state index contributed by atoms with van der Waals surface area (Å²) in [5.41, 5.74) is -0.520. The van der Waals surface area contributed by atoms with Crippen molar-refractivity contribution in [3.8, 4) is 0 Å². The van der Waals surface area contributed by atoms with Crippen LogP contribution in [0.5, 0.6) is 0 Å². The van der Waals surface area contributed by atoms with Crippen molar-refractivity contribution < 1.29 is 29.0 Å². The molecule has 3 unspecified atom stereocenters. The normalized spacial score (nSPS) is 21.6. The second-order valence-corrected chi connectivity index (χ2v) is 10.4. The first kappa shape index (κ1) is 28.4. The number of rotatable bonds is 13. The van der Waals surface area contributed by atoms with Crippen LogP contribution in [0.4, 0.5) is 0 Å². The van der Waals surface area contributed by atoms with Crippen LogP contribution in [0.1, 0.15) is 80.6 Å². The van der Waals surface area contributed by atoms with E-state index in [1.807, 2.05) is 27.7 Å². The van der Waals surface area contributed by atoms with Crippen LogP contribution in [-0.2, 0) is 23.9 Å². The standard InChI is InChI=1S/C24H44N2O6/c1-8-9-12-18(16(2)3)20(27)25-13-10-11-17(22(29)30)14-26-21(28)19-23(4,5)15-31-24(6,7)32-19/h16-19H,8-15H2,1-7H3,(H,25,27)(H,26,28)(H,29,30). The number of carbonyl (C=O) groups excluding carboxylic acids is 2. The van der Waals surface area contributed by atoms with Gasteiger partial charge in [-0.15, -0.1) is 0 Å². The molecule has 1 aliphatic heterocycles. The zero-order chi connectivity index (χ0) is 24.5. The molecule has 8 heteroatoms. The number of amides is 2. The highest BCUT2D eigenvalue weighted by Gasteiger charge is 2.45. The minimum absolute atomic E-state index is 0.0170. The third-order valence-electron chi connectivity index (χ3n) is 6.05. The summed E-state index contributed by atoms with van der Waals surface area (Å²) in [6.07, 6.45) is 3.10. The van der Waals surface area contributed by atoms with Gasteiger partial charge >= 0.3 is 5.97 Å². The van der Waals surface area contributed by atoms with Gasteiger partial charge in [0.05, 0.1) is 12.5 Å². The minimum atomic E-state index is -0.966. The van der Waals surface area contributed by atoms with E-state index in [0.29, 0.717) is 26.0 Å². The fourth-order valence-electron chi connectivity index (χ4n) is 3.83. The van der Waals surface area contributed by atoms with E-state index in [-0.39, 0.29) is 30.2 Å². The van der Waals surface area contributed by atoms with Crippen molar-refractivity contribution in [2.45, 2.75) is 92.5 Å². The van der Waals surface area contributed by atoms with Crippen LogP contribution in [0.2, 0.25) is 0 Å². The molecule has 0 aromatic rings. The number of nitrogens with one attached hydrogen (secondary N) is 2. The number of unbranched alkanes of at least 4 members (excludes halogenated alkanes) is 1. The van der Waals surface area contributed by atoms with E-state index in [1.54, 1.807) is 13.8 Å². The van der Waals surface area contributed by atoms with E-state index < -0.39 is 29.2 Å². The lowest BCUT2D eigenvalue weighted by molar-refractivity contribution is -0.304. The zero-order valence-electron chi connectivity index (χ0n) is 21.0. The van der Waals surface area contributed by atoms with Crippen LogP contribution >= 0.6 is 0 Å². The summed E-state index contributed by atoms with van der Waals surface area (Å²) in [5.74, 6) is -2.61. The Morgan fingerprint density at radius 2 is 1.72 bits per heavy atom. The van der Waals surface area contributed by atoms with Gasteiger partial charge in [-0.05, 0) is 39.0 Å². The third-order valence-corrected chi connectivity index (χ3v) is 6.05. The summed E-state index contributed by atoms with van der Waals surface area (Å²) in [6.45, 7) is 14.3. The summed E-state index contributed by atoms with van der Waals surface area (Å²) in [7, 11) is 0. The van der Waals surface area contributed by atoms with Gasteiger partial charge in [-0.3, -0.25) is 14.4 Å². The molecule has 3 atom stereocenters. The van der Waals surface area contributed by atoms with E-state index in [1.165, 1.54) is 0 Å². The maximum atomic E-state index is 12.7. The Morgan fingerprint density at radius 3 is 2.28 bits per heavy atom. The van der Waals surface area contributed by atoms with Gasteiger partial charge in [0.2, 0.25) is 11.8 Å². The van der Waals surface area contributed by atoms with Crippen molar-refractivity contribution >= 4 is 17.8 Å². The molecule has 0 aromatic carbocycles. The molecular formula is C24H44N2O6. The Hall–Kier alpha value is -1.67. The van der Waals surface area contributed by atoms with Crippen LogP contribution < -0.4 is 10.6 Å². The Kier molecular flexibility index (Phi) is 11.1. The Morgan fingerprint density at radius 1 is 1.06 bits per heavy atom. The number of hydrogen-bond acceptors (Lipinski definition) is 5. The molecule has 1 heterocycles. The van der Waals surface area contributed by atoms with Gasteiger partial charge in [0.25, 0.3) is 0 Å². The lowest BCUT2D eigenvalue weighted by Gasteiger charge is -2.44. The van der Waals surface area contributed by atoms with E-state index in [9.17, 15) is 19.5 Å². The lowest BCUT2D eigenvalue weighted by Crippen LogP contribution is -2.57. The number of hydrogen-bond donors (Lipinski definition) is 3. The number of carboxylic acid groups (broad SMARTS) is 1. The number of aliphatic carboxylic acids is 1. The smallest absolute Gasteiger partial charge is 0.308 e. The Balaban J connectivity index is 2.51. The number of ether oxygens (including phenoxy) is 2. The zero-order valence-corrected chi connectivity index (χ0v) is 21.0. The Bertz CT molecular complexity index is 632. The molecule has 186 valence electrons. The minimum Gasteiger partial charge on any atom is -0.481 e. The molecule has 1 aliphatic rings. The predicted molar refractivity (Wildman–Crippen MR) is 123 cm³/mol. The second kappa shape index (κ2) is 12.5. The van der Waals surface area contributed by atoms with Gasteiger partial charge in [0.15, 0.2) is 5.79 Å². The fourth-order valence-corrected chi connectivity index (χ4v) is 3.83. The molecule has 3 N–H and O–H groups in total. The fraction of sp³-hybridized carbons (Fsp3) is 0.875. The molecule has 0 aliphatic carbocycles. The first-order valence-electron chi connectivity index (χ1n) is 11.9. The summed E-state index contributed by atoms with van der Waals surface area (Å²) in [4.78, 5) is 36.9. The molecular weight excluding hydrogens is 412 g/mol. The molecule has 1 saturated heterocycles. The van der Waals surface area contributed by atoms with Crippen LogP contribution in [0.3, 0.4) is 0 Å². The monoisotopic (exact) mass is 456 g/mol. The van der Waals surface area contributed by atoms with Crippen LogP contribution in [-0.4, -0.2) is 54.5 Å². The SMILES string of the molecule is CCCCC(C(=O)NCCCC(CNC(=O)C1OC(C)(C)OCC1(C)C)C(=O)O)C(C)C. The molecule has 32 heavy (non-hydrogen) atoms. The van der Waals surface area contributed by atoms with Crippen LogP contribution in [0.25, 0.3) is 0 Å². The predicted octanol–water partition coefficient (Wildman–Crippen LogP) is 3.34. The van der Waals surface area contributed by atoms with E-state index in [2.05, 4.69) is 17.6 Å². The molecule has 2 amide bonds. The molecule has 1 rings (SSSR count). The number of carboxylic acids is 1. The maximum absolute atomic E-state index is 12.7. The van der Waals surface area contributed by atoms with Gasteiger partial charge in [0, 0.05) is 24.4 Å². The Labute approximate surface area is 193 Å². The first-order valence-corrected chi connectivity index (χ1v) is 11.9. The van der Waals surface area contributed by atoms with Crippen molar-refractivity contribution in [2.24, 2.45) is 23.2 Å². The van der Waals surface area contributed by atoms with Crippen molar-refractivity contribution in [1.82, 2.24) is 10.6 Å². The van der Waals surface area contributed by atoms with Crippen molar-refractivity contribution in [3.63, 3.8) is 0 Å². The largest absolute Gasteiger partial charge is 0.481 e. The average Bonchev–Trinajstić information content (AvgIpc) is 2.69. The molecule has 0 radical (unpaired) electrons. The third kappa shape index (κ3) is 9.06. The van der Waals surface area contributed by atoms with Gasteiger partial charge < -0.3 is 25.2 Å². The highest BCUT2D eigenvalue weighted by molar-refractivity contribution is 5.82. The van der Waals surface area contributed by atoms with Gasteiger partial charge in [-0.2, -0.15) is 0 Å². The second-order valence-electron chi connectivity index (χ2n) is 10.4. The average molecular weight is 457 g/mol. The van der Waals surface area contributed by atoms with E-state index in [0.717, 1.165) is 19.3 Å². The topological polar surface area (TPSA) is 114 Å². The molecule has 0 saturated carbocycles. The molecule has 1 fully saturated rings. The van der Waals surface area contributed by atoms with Crippen LogP contribution in [0.15, 0.2) is 0 Å². The molecule has 0 aromatic heterocycles. The summed E-state index contributed by atoms with van der Waals surface area (Å²) >= 11 is 0. The lowest BCUT2D eigenvalue weighted by atomic mass is 9.85. The number of carbonyl (C=O) groups is 3. The molecule has 8 nitrogen and oxygen atoms in total. The van der Waals surface area contributed by atoms with E-state index in [4.69, 9.17) is 9.47 Å².